The largest absolute Gasteiger partial charge is 0.385 e. The maximum absolute atomic E-state index is 11.8. The fourth-order valence-electron chi connectivity index (χ4n) is 1.94. The molecule has 0 aliphatic carbocycles. The molecule has 1 aliphatic rings. The Bertz CT molecular complexity index is 209. The summed E-state index contributed by atoms with van der Waals surface area (Å²) >= 11 is 0. The predicted molar refractivity (Wildman–Crippen MR) is 59.4 cm³/mol. The molecule has 1 saturated heterocycles. The summed E-state index contributed by atoms with van der Waals surface area (Å²) in [5.74, 6) is 0.732. The highest BCUT2D eigenvalue weighted by Crippen LogP contribution is 2.16. The summed E-state index contributed by atoms with van der Waals surface area (Å²) in [5, 5.41) is 0. The quantitative estimate of drug-likeness (QED) is 0.682. The van der Waals surface area contributed by atoms with Crippen molar-refractivity contribution < 1.29 is 9.53 Å². The summed E-state index contributed by atoms with van der Waals surface area (Å²) in [6, 6.07) is -0.342. The minimum atomic E-state index is -0.342. The Morgan fingerprint density at radius 1 is 1.67 bits per heavy atom. The smallest absolute Gasteiger partial charge is 0.239 e. The molecule has 0 saturated carbocycles. The minimum absolute atomic E-state index is 0.107. The number of hydrogen-bond donors (Lipinski definition) is 1. The fourth-order valence-corrected chi connectivity index (χ4v) is 1.94. The summed E-state index contributed by atoms with van der Waals surface area (Å²) < 4.78 is 4.93. The van der Waals surface area contributed by atoms with E-state index in [2.05, 4.69) is 6.92 Å². The number of likely N-dealkylation sites (tertiary alicyclic amines) is 1. The van der Waals surface area contributed by atoms with Crippen molar-refractivity contribution in [3.63, 3.8) is 0 Å². The van der Waals surface area contributed by atoms with E-state index < -0.39 is 0 Å². The van der Waals surface area contributed by atoms with E-state index in [0.717, 1.165) is 32.4 Å². The third-order valence-corrected chi connectivity index (χ3v) is 2.92. The van der Waals surface area contributed by atoms with E-state index in [1.54, 1.807) is 7.11 Å². The third kappa shape index (κ3) is 3.80. The van der Waals surface area contributed by atoms with E-state index in [-0.39, 0.29) is 11.9 Å². The number of ether oxygens (including phenoxy) is 1. The molecule has 88 valence electrons. The zero-order chi connectivity index (χ0) is 11.3. The van der Waals surface area contributed by atoms with Gasteiger partial charge in [-0.05, 0) is 25.2 Å². The Labute approximate surface area is 91.8 Å². The van der Waals surface area contributed by atoms with Gasteiger partial charge in [-0.25, -0.2) is 0 Å². The van der Waals surface area contributed by atoms with E-state index in [9.17, 15) is 4.79 Å². The number of amides is 1. The van der Waals surface area contributed by atoms with Gasteiger partial charge in [0.25, 0.3) is 0 Å². The Hall–Kier alpha value is -0.610. The van der Waals surface area contributed by atoms with Gasteiger partial charge < -0.3 is 15.4 Å². The highest BCUT2D eigenvalue weighted by molar-refractivity contribution is 5.81. The summed E-state index contributed by atoms with van der Waals surface area (Å²) in [4.78, 5) is 13.7. The zero-order valence-electron chi connectivity index (χ0n) is 9.74. The number of nitrogens with two attached hydrogens (primary N) is 1. The second-order valence-corrected chi connectivity index (χ2v) is 4.42. The van der Waals surface area contributed by atoms with Crippen LogP contribution in [-0.2, 0) is 9.53 Å². The van der Waals surface area contributed by atoms with Gasteiger partial charge in [0.2, 0.25) is 5.91 Å². The highest BCUT2D eigenvalue weighted by Gasteiger charge is 2.26. The standard InChI is InChI=1S/C11H22N2O2/c1-9-5-6-13(8-9)11(14)10(12)4-3-7-15-2/h9-10H,3-8,12H2,1-2H3. The van der Waals surface area contributed by atoms with Crippen LogP contribution < -0.4 is 5.73 Å². The maximum atomic E-state index is 11.8. The van der Waals surface area contributed by atoms with Crippen molar-refractivity contribution in [2.24, 2.45) is 11.7 Å². The van der Waals surface area contributed by atoms with Crippen LogP contribution >= 0.6 is 0 Å². The lowest BCUT2D eigenvalue weighted by Crippen LogP contribution is -2.42. The van der Waals surface area contributed by atoms with Crippen LogP contribution in [0.3, 0.4) is 0 Å². The molecule has 4 nitrogen and oxygen atoms in total. The molecular weight excluding hydrogens is 192 g/mol. The first-order chi connectivity index (χ1) is 7.15. The van der Waals surface area contributed by atoms with E-state index >= 15 is 0 Å². The van der Waals surface area contributed by atoms with Crippen LogP contribution in [0.2, 0.25) is 0 Å². The summed E-state index contributed by atoms with van der Waals surface area (Å²) in [5.41, 5.74) is 5.84. The minimum Gasteiger partial charge on any atom is -0.385 e. The predicted octanol–water partition coefficient (Wildman–Crippen LogP) is 0.609. The Morgan fingerprint density at radius 3 is 2.93 bits per heavy atom. The monoisotopic (exact) mass is 214 g/mol. The fraction of sp³-hybridized carbons (Fsp3) is 0.909. The van der Waals surface area contributed by atoms with Crippen LogP contribution in [-0.4, -0.2) is 43.7 Å². The topological polar surface area (TPSA) is 55.6 Å². The molecule has 0 bridgehead atoms. The average molecular weight is 214 g/mol. The van der Waals surface area contributed by atoms with Gasteiger partial charge in [0.05, 0.1) is 6.04 Å². The molecule has 1 rings (SSSR count). The first-order valence-corrected chi connectivity index (χ1v) is 5.68. The van der Waals surface area contributed by atoms with Gasteiger partial charge in [0.1, 0.15) is 0 Å². The van der Waals surface area contributed by atoms with Gasteiger partial charge in [-0.3, -0.25) is 4.79 Å². The van der Waals surface area contributed by atoms with E-state index in [4.69, 9.17) is 10.5 Å². The molecule has 15 heavy (non-hydrogen) atoms. The van der Waals surface area contributed by atoms with E-state index in [0.29, 0.717) is 12.5 Å². The summed E-state index contributed by atoms with van der Waals surface area (Å²) in [7, 11) is 1.66. The molecule has 0 aromatic rings. The second kappa shape index (κ2) is 6.08. The Morgan fingerprint density at radius 2 is 2.40 bits per heavy atom. The molecule has 2 unspecified atom stereocenters. The van der Waals surface area contributed by atoms with Gasteiger partial charge in [-0.2, -0.15) is 0 Å². The third-order valence-electron chi connectivity index (χ3n) is 2.92. The van der Waals surface area contributed by atoms with Crippen LogP contribution in [0.15, 0.2) is 0 Å². The van der Waals surface area contributed by atoms with Crippen molar-refractivity contribution in [3.8, 4) is 0 Å². The van der Waals surface area contributed by atoms with Crippen molar-refractivity contribution >= 4 is 5.91 Å². The van der Waals surface area contributed by atoms with Crippen LogP contribution in [0.25, 0.3) is 0 Å². The number of methoxy groups -OCH3 is 1. The highest BCUT2D eigenvalue weighted by atomic mass is 16.5. The molecule has 1 amide bonds. The van der Waals surface area contributed by atoms with Crippen molar-refractivity contribution in [1.82, 2.24) is 4.90 Å². The molecule has 1 aliphatic heterocycles. The van der Waals surface area contributed by atoms with Gasteiger partial charge in [-0.15, -0.1) is 0 Å². The Balaban J connectivity index is 2.26. The first-order valence-electron chi connectivity index (χ1n) is 5.68. The molecule has 0 aromatic heterocycles. The lowest BCUT2D eigenvalue weighted by Gasteiger charge is -2.20. The molecule has 1 fully saturated rings. The van der Waals surface area contributed by atoms with Crippen molar-refractivity contribution in [1.29, 1.82) is 0 Å². The lowest BCUT2D eigenvalue weighted by atomic mass is 10.1. The molecule has 2 atom stereocenters. The number of hydrogen-bond acceptors (Lipinski definition) is 3. The molecular formula is C11H22N2O2. The van der Waals surface area contributed by atoms with Gasteiger partial charge in [0, 0.05) is 26.8 Å². The molecule has 2 N–H and O–H groups in total. The average Bonchev–Trinajstić information content (AvgIpc) is 2.64. The van der Waals surface area contributed by atoms with Crippen LogP contribution in [0, 0.1) is 5.92 Å². The van der Waals surface area contributed by atoms with Crippen LogP contribution in [0.1, 0.15) is 26.2 Å². The number of carbonyl (C=O) groups excluding carboxylic acids is 1. The number of carbonyl (C=O) groups is 1. The zero-order valence-corrected chi connectivity index (χ0v) is 9.74. The second-order valence-electron chi connectivity index (χ2n) is 4.42. The van der Waals surface area contributed by atoms with Crippen molar-refractivity contribution in [2.75, 3.05) is 26.8 Å². The maximum Gasteiger partial charge on any atom is 0.239 e. The Kier molecular flexibility index (Phi) is 5.05. The van der Waals surface area contributed by atoms with Crippen molar-refractivity contribution in [2.45, 2.75) is 32.2 Å². The summed E-state index contributed by atoms with van der Waals surface area (Å²) in [6.45, 7) is 4.59. The normalized spacial score (nSPS) is 23.1. The SMILES string of the molecule is COCCCC(N)C(=O)N1CCC(C)C1. The van der Waals surface area contributed by atoms with Gasteiger partial charge in [0.15, 0.2) is 0 Å². The molecule has 0 aromatic carbocycles. The van der Waals surface area contributed by atoms with Crippen molar-refractivity contribution in [3.05, 3.63) is 0 Å². The molecule has 4 heteroatoms. The van der Waals surface area contributed by atoms with Gasteiger partial charge in [-0.1, -0.05) is 6.92 Å². The molecule has 1 heterocycles. The van der Waals surface area contributed by atoms with Crippen LogP contribution in [0.4, 0.5) is 0 Å². The number of nitrogens with zero attached hydrogens (tertiary/aromatic N) is 1. The molecule has 0 radical (unpaired) electrons. The van der Waals surface area contributed by atoms with E-state index in [1.807, 2.05) is 4.90 Å². The number of rotatable bonds is 5. The lowest BCUT2D eigenvalue weighted by molar-refractivity contribution is -0.131. The summed E-state index contributed by atoms with van der Waals surface area (Å²) in [6.07, 6.45) is 2.68. The first kappa shape index (κ1) is 12.5. The van der Waals surface area contributed by atoms with Gasteiger partial charge >= 0.3 is 0 Å². The van der Waals surface area contributed by atoms with E-state index in [1.165, 1.54) is 0 Å². The molecule has 0 spiro atoms. The van der Waals surface area contributed by atoms with Crippen LogP contribution in [0.5, 0.6) is 0 Å².